The van der Waals surface area contributed by atoms with Crippen LogP contribution in [0.1, 0.15) is 32.6 Å². The minimum atomic E-state index is -4.24. The van der Waals surface area contributed by atoms with Gasteiger partial charge in [-0.15, -0.1) is 0 Å². The molecular formula is C10H16BrF3O. The van der Waals surface area contributed by atoms with Crippen molar-refractivity contribution < 1.29 is 17.9 Å². The van der Waals surface area contributed by atoms with Gasteiger partial charge in [-0.3, -0.25) is 0 Å². The van der Waals surface area contributed by atoms with Gasteiger partial charge < -0.3 is 4.74 Å². The Bertz CT molecular complexity index is 199. The van der Waals surface area contributed by atoms with Crippen LogP contribution in [0.3, 0.4) is 0 Å². The molecule has 15 heavy (non-hydrogen) atoms. The molecule has 1 nitrogen and oxygen atoms in total. The third kappa shape index (κ3) is 3.63. The molecule has 1 unspecified atom stereocenters. The summed E-state index contributed by atoms with van der Waals surface area (Å²) in [6, 6.07) is 0. The Morgan fingerprint density at radius 2 is 1.87 bits per heavy atom. The highest BCUT2D eigenvalue weighted by atomic mass is 79.9. The summed E-state index contributed by atoms with van der Waals surface area (Å²) in [6.45, 7) is 1.27. The fourth-order valence-corrected chi connectivity index (χ4v) is 2.56. The minimum Gasteiger partial charge on any atom is -0.368 e. The molecule has 1 saturated carbocycles. The van der Waals surface area contributed by atoms with Crippen molar-refractivity contribution in [1.29, 1.82) is 0 Å². The van der Waals surface area contributed by atoms with Crippen molar-refractivity contribution in [1.82, 2.24) is 0 Å². The molecule has 0 amide bonds. The number of hydrogen-bond donors (Lipinski definition) is 0. The molecule has 0 heterocycles. The van der Waals surface area contributed by atoms with Crippen molar-refractivity contribution in [3.63, 3.8) is 0 Å². The SMILES string of the molecule is CC(OCC1(CBr)CCCC1)C(F)(F)F. The second kappa shape index (κ2) is 5.04. The van der Waals surface area contributed by atoms with Crippen molar-refractivity contribution in [2.45, 2.75) is 44.9 Å². The molecule has 1 fully saturated rings. The first-order chi connectivity index (χ1) is 6.90. The Morgan fingerprint density at radius 1 is 1.33 bits per heavy atom. The van der Waals surface area contributed by atoms with Crippen molar-refractivity contribution in [2.75, 3.05) is 11.9 Å². The normalized spacial score (nSPS) is 23.0. The van der Waals surface area contributed by atoms with Gasteiger partial charge in [-0.2, -0.15) is 13.2 Å². The quantitative estimate of drug-likeness (QED) is 0.713. The van der Waals surface area contributed by atoms with Gasteiger partial charge in [0.1, 0.15) is 0 Å². The Kier molecular flexibility index (Phi) is 4.47. The summed E-state index contributed by atoms with van der Waals surface area (Å²) in [4.78, 5) is 0. The highest BCUT2D eigenvalue weighted by Gasteiger charge is 2.40. The Morgan fingerprint density at radius 3 is 2.27 bits per heavy atom. The maximum Gasteiger partial charge on any atom is 0.414 e. The van der Waals surface area contributed by atoms with Crippen LogP contribution in [-0.2, 0) is 4.74 Å². The Hall–Kier alpha value is 0.230. The molecule has 1 aliphatic rings. The van der Waals surface area contributed by atoms with Gasteiger partial charge in [-0.1, -0.05) is 28.8 Å². The average Bonchev–Trinajstić information content (AvgIpc) is 2.62. The lowest BCUT2D eigenvalue weighted by Crippen LogP contribution is -2.34. The van der Waals surface area contributed by atoms with E-state index in [1.807, 2.05) is 0 Å². The summed E-state index contributed by atoms with van der Waals surface area (Å²) < 4.78 is 41.6. The predicted molar refractivity (Wildman–Crippen MR) is 56.2 cm³/mol. The lowest BCUT2D eigenvalue weighted by atomic mass is 9.90. The summed E-state index contributed by atoms with van der Waals surface area (Å²) >= 11 is 3.37. The van der Waals surface area contributed by atoms with Gasteiger partial charge in [-0.25, -0.2) is 0 Å². The third-order valence-electron chi connectivity index (χ3n) is 3.05. The molecule has 0 aliphatic heterocycles. The van der Waals surface area contributed by atoms with E-state index in [9.17, 15) is 13.2 Å². The summed E-state index contributed by atoms with van der Waals surface area (Å²) in [5.41, 5.74) is -0.0699. The highest BCUT2D eigenvalue weighted by Crippen LogP contribution is 2.40. The van der Waals surface area contributed by atoms with Gasteiger partial charge in [-0.05, 0) is 19.8 Å². The first kappa shape index (κ1) is 13.3. The van der Waals surface area contributed by atoms with Crippen molar-refractivity contribution >= 4 is 15.9 Å². The van der Waals surface area contributed by atoms with Gasteiger partial charge in [0.2, 0.25) is 0 Å². The molecule has 1 aliphatic carbocycles. The number of rotatable bonds is 4. The van der Waals surface area contributed by atoms with Crippen LogP contribution in [0.5, 0.6) is 0 Å². The smallest absolute Gasteiger partial charge is 0.368 e. The van der Waals surface area contributed by atoms with Crippen molar-refractivity contribution in [2.24, 2.45) is 5.41 Å². The predicted octanol–water partition coefficient (Wildman–Crippen LogP) is 3.91. The van der Waals surface area contributed by atoms with Crippen molar-refractivity contribution in [3.8, 4) is 0 Å². The van der Waals surface area contributed by atoms with Crippen LogP contribution in [0, 0.1) is 5.41 Å². The molecule has 1 rings (SSSR count). The molecule has 1 atom stereocenters. The van der Waals surface area contributed by atoms with E-state index in [-0.39, 0.29) is 12.0 Å². The zero-order valence-electron chi connectivity index (χ0n) is 8.74. The van der Waals surface area contributed by atoms with E-state index in [1.54, 1.807) is 0 Å². The van der Waals surface area contributed by atoms with E-state index in [2.05, 4.69) is 15.9 Å². The summed E-state index contributed by atoms with van der Waals surface area (Å²) in [6.07, 6.45) is -1.79. The first-order valence-corrected chi connectivity index (χ1v) is 6.26. The van der Waals surface area contributed by atoms with E-state index in [0.717, 1.165) is 37.9 Å². The second-order valence-corrected chi connectivity index (χ2v) is 4.90. The zero-order valence-corrected chi connectivity index (χ0v) is 10.3. The maximum absolute atomic E-state index is 12.2. The Balaban J connectivity index is 2.41. The number of ether oxygens (including phenoxy) is 1. The number of hydrogen-bond acceptors (Lipinski definition) is 1. The van der Waals surface area contributed by atoms with E-state index >= 15 is 0 Å². The summed E-state index contributed by atoms with van der Waals surface area (Å²) in [5, 5.41) is 0.727. The van der Waals surface area contributed by atoms with Crippen LogP contribution in [0.4, 0.5) is 13.2 Å². The van der Waals surface area contributed by atoms with Crippen LogP contribution < -0.4 is 0 Å². The topological polar surface area (TPSA) is 9.23 Å². The zero-order chi connectivity index (χ0) is 11.5. The molecule has 0 radical (unpaired) electrons. The lowest BCUT2D eigenvalue weighted by molar-refractivity contribution is -0.220. The monoisotopic (exact) mass is 288 g/mol. The van der Waals surface area contributed by atoms with E-state index < -0.39 is 12.3 Å². The molecular weight excluding hydrogens is 273 g/mol. The Labute approximate surface area is 96.5 Å². The average molecular weight is 289 g/mol. The molecule has 0 aromatic rings. The first-order valence-electron chi connectivity index (χ1n) is 5.14. The van der Waals surface area contributed by atoms with E-state index in [4.69, 9.17) is 4.74 Å². The molecule has 90 valence electrons. The van der Waals surface area contributed by atoms with Gasteiger partial charge in [0.25, 0.3) is 0 Å². The molecule has 0 N–H and O–H groups in total. The van der Waals surface area contributed by atoms with Gasteiger partial charge in [0, 0.05) is 10.7 Å². The van der Waals surface area contributed by atoms with Crippen molar-refractivity contribution in [3.05, 3.63) is 0 Å². The van der Waals surface area contributed by atoms with Gasteiger partial charge in [0.15, 0.2) is 6.10 Å². The molecule has 0 bridgehead atoms. The lowest BCUT2D eigenvalue weighted by Gasteiger charge is -2.28. The molecule has 0 saturated heterocycles. The maximum atomic E-state index is 12.2. The van der Waals surface area contributed by atoms with E-state index in [1.165, 1.54) is 0 Å². The molecule has 0 spiro atoms. The fourth-order valence-electron chi connectivity index (χ4n) is 1.84. The minimum absolute atomic E-state index is 0.0699. The molecule has 0 aromatic heterocycles. The van der Waals surface area contributed by atoms with Crippen LogP contribution in [-0.4, -0.2) is 24.2 Å². The largest absolute Gasteiger partial charge is 0.414 e. The molecule has 0 aromatic carbocycles. The van der Waals surface area contributed by atoms with Crippen LogP contribution in [0.15, 0.2) is 0 Å². The van der Waals surface area contributed by atoms with E-state index in [0.29, 0.717) is 0 Å². The summed E-state index contributed by atoms with van der Waals surface area (Å²) in [5.74, 6) is 0. The van der Waals surface area contributed by atoms with Crippen LogP contribution >= 0.6 is 15.9 Å². The molecule has 5 heteroatoms. The summed E-state index contributed by atoms with van der Waals surface area (Å²) in [7, 11) is 0. The van der Waals surface area contributed by atoms with Gasteiger partial charge in [0.05, 0.1) is 6.61 Å². The van der Waals surface area contributed by atoms with Gasteiger partial charge >= 0.3 is 6.18 Å². The van der Waals surface area contributed by atoms with Crippen LogP contribution in [0.2, 0.25) is 0 Å². The second-order valence-electron chi connectivity index (χ2n) is 4.34. The number of halogens is 4. The highest BCUT2D eigenvalue weighted by molar-refractivity contribution is 9.09. The third-order valence-corrected chi connectivity index (χ3v) is 4.24. The number of alkyl halides is 4. The van der Waals surface area contributed by atoms with Crippen LogP contribution in [0.25, 0.3) is 0 Å². The standard InChI is InChI=1S/C10H16BrF3O/c1-8(10(12,13)14)15-7-9(6-11)4-2-3-5-9/h8H,2-7H2,1H3. The fraction of sp³-hybridized carbons (Fsp3) is 1.00.